The van der Waals surface area contributed by atoms with Gasteiger partial charge >= 0.3 is 6.09 Å². The second kappa shape index (κ2) is 6.33. The summed E-state index contributed by atoms with van der Waals surface area (Å²) in [6, 6.07) is 7.94. The van der Waals surface area contributed by atoms with E-state index in [4.69, 9.17) is 4.74 Å². The van der Waals surface area contributed by atoms with Gasteiger partial charge in [-0.15, -0.1) is 0 Å². The average Bonchev–Trinajstić information content (AvgIpc) is 2.34. The van der Waals surface area contributed by atoms with Crippen molar-refractivity contribution in [3.63, 3.8) is 0 Å². The van der Waals surface area contributed by atoms with Crippen molar-refractivity contribution in [2.45, 2.75) is 38.5 Å². The van der Waals surface area contributed by atoms with E-state index in [1.165, 1.54) is 0 Å². The number of nitrogens with one attached hydrogen (secondary N) is 1. The number of carbonyl (C=O) groups is 2. The molecule has 1 aromatic rings. The Morgan fingerprint density at radius 2 is 1.89 bits per heavy atom. The topological polar surface area (TPSA) is 75.6 Å². The molecule has 0 aromatic heterocycles. The lowest BCUT2D eigenvalue weighted by molar-refractivity contribution is -0.116. The van der Waals surface area contributed by atoms with Crippen LogP contribution in [-0.4, -0.2) is 29.2 Å². The summed E-state index contributed by atoms with van der Waals surface area (Å²) >= 11 is 0. The van der Waals surface area contributed by atoms with E-state index in [-0.39, 0.29) is 0 Å². The van der Waals surface area contributed by atoms with Gasteiger partial charge in [-0.05, 0) is 26.3 Å². The van der Waals surface area contributed by atoms with Crippen LogP contribution in [0.25, 0.3) is 0 Å². The third-order valence-electron chi connectivity index (χ3n) is 2.31. The van der Waals surface area contributed by atoms with Crippen LogP contribution < -0.4 is 5.32 Å². The molecule has 19 heavy (non-hydrogen) atoms. The van der Waals surface area contributed by atoms with E-state index < -0.39 is 23.8 Å². The highest BCUT2D eigenvalue weighted by atomic mass is 16.6. The number of hydrogen-bond donors (Lipinski definition) is 2. The van der Waals surface area contributed by atoms with Crippen molar-refractivity contribution >= 4 is 12.4 Å². The minimum Gasteiger partial charge on any atom is -0.444 e. The van der Waals surface area contributed by atoms with Crippen molar-refractivity contribution in [3.05, 3.63) is 35.9 Å². The lowest BCUT2D eigenvalue weighted by Gasteiger charge is -2.25. The van der Waals surface area contributed by atoms with Crippen molar-refractivity contribution in [2.75, 3.05) is 0 Å². The van der Waals surface area contributed by atoms with Crippen molar-refractivity contribution in [1.29, 1.82) is 0 Å². The Hall–Kier alpha value is -1.88. The van der Waals surface area contributed by atoms with Crippen LogP contribution in [-0.2, 0) is 9.53 Å². The number of amides is 1. The Balaban J connectivity index is 2.82. The number of alkyl carbamates (subject to hydrolysis) is 1. The zero-order valence-corrected chi connectivity index (χ0v) is 11.3. The number of aldehydes is 1. The zero-order chi connectivity index (χ0) is 14.5. The first-order chi connectivity index (χ1) is 8.83. The van der Waals surface area contributed by atoms with Crippen molar-refractivity contribution in [3.8, 4) is 0 Å². The van der Waals surface area contributed by atoms with Gasteiger partial charge in [0, 0.05) is 0 Å². The quantitative estimate of drug-likeness (QED) is 0.814. The van der Waals surface area contributed by atoms with Crippen LogP contribution in [0.3, 0.4) is 0 Å². The van der Waals surface area contributed by atoms with Gasteiger partial charge in [-0.2, -0.15) is 0 Å². The number of hydrogen-bond acceptors (Lipinski definition) is 4. The summed E-state index contributed by atoms with van der Waals surface area (Å²) in [6.07, 6.45) is -1.62. The average molecular weight is 265 g/mol. The van der Waals surface area contributed by atoms with Gasteiger partial charge in [-0.25, -0.2) is 4.79 Å². The molecule has 5 heteroatoms. The molecule has 0 aliphatic rings. The Kier molecular flexibility index (Phi) is 5.06. The van der Waals surface area contributed by atoms with Gasteiger partial charge in [-0.1, -0.05) is 30.3 Å². The van der Waals surface area contributed by atoms with Crippen molar-refractivity contribution in [1.82, 2.24) is 5.32 Å². The largest absolute Gasteiger partial charge is 0.444 e. The van der Waals surface area contributed by atoms with Gasteiger partial charge < -0.3 is 20.0 Å². The Labute approximate surface area is 112 Å². The lowest BCUT2D eigenvalue weighted by Crippen LogP contribution is -2.40. The number of aliphatic hydroxyl groups is 1. The molecule has 104 valence electrons. The molecular weight excluding hydrogens is 246 g/mol. The summed E-state index contributed by atoms with van der Waals surface area (Å²) in [5.41, 5.74) is -0.00905. The van der Waals surface area contributed by atoms with Crippen molar-refractivity contribution < 1.29 is 19.4 Å². The number of ether oxygens (including phenoxy) is 1. The summed E-state index contributed by atoms with van der Waals surface area (Å²) in [5, 5.41) is 12.2. The summed E-state index contributed by atoms with van der Waals surface area (Å²) in [5.74, 6) is 0. The molecule has 0 unspecified atom stereocenters. The Morgan fingerprint density at radius 1 is 1.32 bits per heavy atom. The van der Waals surface area contributed by atoms with Crippen LogP contribution >= 0.6 is 0 Å². The van der Waals surface area contributed by atoms with Gasteiger partial charge in [0.15, 0.2) is 6.29 Å². The highest BCUT2D eigenvalue weighted by molar-refractivity contribution is 5.70. The normalized spacial score (nSPS) is 14.3. The maximum atomic E-state index is 11.7. The van der Waals surface area contributed by atoms with Gasteiger partial charge in [0.05, 0.1) is 6.04 Å². The summed E-state index contributed by atoms with van der Waals surface area (Å²) in [7, 11) is 0. The predicted molar refractivity (Wildman–Crippen MR) is 70.6 cm³/mol. The second-order valence-electron chi connectivity index (χ2n) is 5.16. The fraction of sp³-hybridized carbons (Fsp3) is 0.429. The highest BCUT2D eigenvalue weighted by Gasteiger charge is 2.25. The van der Waals surface area contributed by atoms with Gasteiger partial charge in [0.1, 0.15) is 11.7 Å². The second-order valence-corrected chi connectivity index (χ2v) is 5.16. The molecule has 1 amide bonds. The van der Waals surface area contributed by atoms with E-state index in [9.17, 15) is 14.7 Å². The zero-order valence-electron chi connectivity index (χ0n) is 11.3. The highest BCUT2D eigenvalue weighted by Crippen LogP contribution is 2.17. The van der Waals surface area contributed by atoms with Gasteiger partial charge in [0.2, 0.25) is 0 Å². The number of carbonyl (C=O) groups excluding carboxylic acids is 2. The van der Waals surface area contributed by atoms with Crippen LogP contribution in [0.15, 0.2) is 30.3 Å². The first-order valence-electron chi connectivity index (χ1n) is 6.01. The monoisotopic (exact) mass is 265 g/mol. The molecular formula is C14H19NO4. The number of benzene rings is 1. The first-order valence-corrected chi connectivity index (χ1v) is 6.01. The van der Waals surface area contributed by atoms with Crippen LogP contribution in [0.1, 0.15) is 32.4 Å². The molecule has 0 heterocycles. The van der Waals surface area contributed by atoms with Crippen LogP contribution in [0, 0.1) is 0 Å². The molecule has 0 aliphatic carbocycles. The third kappa shape index (κ3) is 5.09. The molecule has 2 atom stereocenters. The standard InChI is InChI=1S/C14H19NO4/c1-14(2,3)19-13(18)15-12(11(17)9-16)10-7-5-4-6-8-10/h4-9,11-12,17H,1-3H3,(H,15,18)/t11-,12-/m0/s1. The maximum absolute atomic E-state index is 11.7. The molecule has 0 bridgehead atoms. The SMILES string of the molecule is CC(C)(C)OC(=O)N[C@@H](c1ccccc1)[C@@H](O)C=O. The fourth-order valence-electron chi connectivity index (χ4n) is 1.54. The van der Waals surface area contributed by atoms with Crippen LogP contribution in [0.5, 0.6) is 0 Å². The summed E-state index contributed by atoms with van der Waals surface area (Å²) < 4.78 is 5.11. The number of rotatable bonds is 4. The van der Waals surface area contributed by atoms with E-state index in [2.05, 4.69) is 5.32 Å². The lowest BCUT2D eigenvalue weighted by atomic mass is 10.0. The van der Waals surface area contributed by atoms with E-state index >= 15 is 0 Å². The maximum Gasteiger partial charge on any atom is 0.408 e. The fourth-order valence-corrected chi connectivity index (χ4v) is 1.54. The van der Waals surface area contributed by atoms with E-state index in [0.29, 0.717) is 11.8 Å². The molecule has 0 radical (unpaired) electrons. The third-order valence-corrected chi connectivity index (χ3v) is 2.31. The van der Waals surface area contributed by atoms with E-state index in [1.54, 1.807) is 51.1 Å². The Bertz CT molecular complexity index is 425. The van der Waals surface area contributed by atoms with Crippen molar-refractivity contribution in [2.24, 2.45) is 0 Å². The number of aliphatic hydroxyl groups excluding tert-OH is 1. The van der Waals surface area contributed by atoms with Gasteiger partial charge in [-0.3, -0.25) is 0 Å². The molecule has 0 aliphatic heterocycles. The molecule has 0 saturated carbocycles. The Morgan fingerprint density at radius 3 is 2.37 bits per heavy atom. The molecule has 0 spiro atoms. The van der Waals surface area contributed by atoms with E-state index in [0.717, 1.165) is 0 Å². The van der Waals surface area contributed by atoms with Crippen LogP contribution in [0.2, 0.25) is 0 Å². The summed E-state index contributed by atoms with van der Waals surface area (Å²) in [4.78, 5) is 22.4. The predicted octanol–water partition coefficient (Wildman–Crippen LogP) is 1.81. The summed E-state index contributed by atoms with van der Waals surface area (Å²) in [6.45, 7) is 5.21. The molecule has 0 fully saturated rings. The van der Waals surface area contributed by atoms with E-state index in [1.807, 2.05) is 0 Å². The minimum atomic E-state index is -1.32. The smallest absolute Gasteiger partial charge is 0.408 e. The molecule has 2 N–H and O–H groups in total. The minimum absolute atomic E-state index is 0.384. The molecule has 1 rings (SSSR count). The van der Waals surface area contributed by atoms with Gasteiger partial charge in [0.25, 0.3) is 0 Å². The molecule has 0 saturated heterocycles. The molecule has 5 nitrogen and oxygen atoms in total. The molecule has 1 aromatic carbocycles. The van der Waals surface area contributed by atoms with Crippen LogP contribution in [0.4, 0.5) is 4.79 Å². The first kappa shape index (κ1) is 15.2.